The molecule has 47 heavy (non-hydrogen) atoms. The van der Waals surface area contributed by atoms with Crippen LogP contribution in [0.4, 0.5) is 5.69 Å². The van der Waals surface area contributed by atoms with E-state index in [1.165, 1.54) is 11.1 Å². The molecule has 9 nitrogen and oxygen atoms in total. The third-order valence-corrected chi connectivity index (χ3v) is 14.0. The molecule has 2 fully saturated rings. The summed E-state index contributed by atoms with van der Waals surface area (Å²) >= 11 is 6.45. The number of fused-ring (bicyclic) bond motifs is 4. The van der Waals surface area contributed by atoms with E-state index in [2.05, 4.69) is 21.8 Å². The van der Waals surface area contributed by atoms with Gasteiger partial charge in [0.15, 0.2) is 6.29 Å². The van der Waals surface area contributed by atoms with Crippen LogP contribution in [0.25, 0.3) is 0 Å². The third-order valence-electron chi connectivity index (χ3n) is 11.8. The molecule has 2 bridgehead atoms. The Morgan fingerprint density at radius 2 is 1.81 bits per heavy atom. The van der Waals surface area contributed by atoms with Crippen LogP contribution < -0.4 is 20.1 Å². The van der Waals surface area contributed by atoms with Gasteiger partial charge in [0, 0.05) is 35.0 Å². The highest BCUT2D eigenvalue weighted by Gasteiger charge is 2.46. The van der Waals surface area contributed by atoms with E-state index in [4.69, 9.17) is 31.5 Å². The van der Waals surface area contributed by atoms with Gasteiger partial charge < -0.3 is 24.8 Å². The number of halogens is 1. The van der Waals surface area contributed by atoms with Gasteiger partial charge in [-0.05, 0) is 111 Å². The number of benzene rings is 2. The molecule has 0 unspecified atom stereocenters. The first kappa shape index (κ1) is 33.1. The lowest BCUT2D eigenvalue weighted by Crippen LogP contribution is -2.51. The van der Waals surface area contributed by atoms with Crippen LogP contribution in [0.5, 0.6) is 5.75 Å². The van der Waals surface area contributed by atoms with Crippen molar-refractivity contribution in [2.24, 2.45) is 29.4 Å². The van der Waals surface area contributed by atoms with Crippen LogP contribution in [0, 0.1) is 23.7 Å². The van der Waals surface area contributed by atoms with Gasteiger partial charge in [-0.1, -0.05) is 31.0 Å². The SMILES string of the molecule is C[C@@H]1[C@@H](C)CCC[C@@H](C2OCC(N)CO2)[C@@H]2CC[C@H]2CN2C[C@@]3(CCCc4cc(Cl)ccc43)COc3ccc(cc32)C(=O)NS1(=O)=O. The molecule has 0 radical (unpaired) electrons. The maximum Gasteiger partial charge on any atom is 0.264 e. The minimum atomic E-state index is -3.90. The number of carbonyl (C=O) groups is 1. The predicted molar refractivity (Wildman–Crippen MR) is 182 cm³/mol. The van der Waals surface area contributed by atoms with Crippen molar-refractivity contribution in [1.82, 2.24) is 4.72 Å². The van der Waals surface area contributed by atoms with Gasteiger partial charge in [0.2, 0.25) is 10.0 Å². The molecule has 5 aliphatic rings. The summed E-state index contributed by atoms with van der Waals surface area (Å²) in [7, 11) is -3.90. The van der Waals surface area contributed by atoms with E-state index >= 15 is 0 Å². The Labute approximate surface area is 283 Å². The van der Waals surface area contributed by atoms with Gasteiger partial charge in [-0.3, -0.25) is 4.79 Å². The molecule has 7 rings (SSSR count). The van der Waals surface area contributed by atoms with Crippen LogP contribution >= 0.6 is 11.6 Å². The van der Waals surface area contributed by atoms with Gasteiger partial charge in [-0.25, -0.2) is 13.1 Å². The maximum atomic E-state index is 13.5. The van der Waals surface area contributed by atoms with Crippen LogP contribution in [-0.2, 0) is 31.3 Å². The third kappa shape index (κ3) is 6.53. The number of ether oxygens (including phenoxy) is 3. The van der Waals surface area contributed by atoms with Crippen molar-refractivity contribution < 1.29 is 27.4 Å². The molecule has 1 saturated carbocycles. The van der Waals surface area contributed by atoms with E-state index in [0.717, 1.165) is 75.2 Å². The van der Waals surface area contributed by atoms with Crippen LogP contribution in [0.1, 0.15) is 80.3 Å². The van der Waals surface area contributed by atoms with Gasteiger partial charge in [0.25, 0.3) is 5.91 Å². The summed E-state index contributed by atoms with van der Waals surface area (Å²) in [6, 6.07) is 11.5. The Balaban J connectivity index is 1.28. The van der Waals surface area contributed by atoms with Crippen LogP contribution in [0.2, 0.25) is 5.02 Å². The zero-order chi connectivity index (χ0) is 32.9. The molecule has 1 amide bonds. The summed E-state index contributed by atoms with van der Waals surface area (Å²) < 4.78 is 48.3. The Kier molecular flexibility index (Phi) is 9.28. The summed E-state index contributed by atoms with van der Waals surface area (Å²) in [6.07, 6.45) is 7.34. The normalized spacial score (nSPS) is 35.8. The topological polar surface area (TPSA) is 120 Å². The van der Waals surface area contributed by atoms with Gasteiger partial charge in [-0.2, -0.15) is 0 Å². The Bertz CT molecular complexity index is 1600. The second-order valence-corrected chi connectivity index (χ2v) is 17.3. The van der Waals surface area contributed by atoms with Gasteiger partial charge in [0.1, 0.15) is 5.75 Å². The number of amides is 1. The average Bonchev–Trinajstić information content (AvgIpc) is 3.18. The smallest absolute Gasteiger partial charge is 0.264 e. The molecule has 3 heterocycles. The minimum absolute atomic E-state index is 0.122. The van der Waals surface area contributed by atoms with E-state index in [1.807, 2.05) is 25.1 Å². The van der Waals surface area contributed by atoms with E-state index < -0.39 is 21.2 Å². The number of nitrogens with two attached hydrogens (primary N) is 1. The Morgan fingerprint density at radius 3 is 2.57 bits per heavy atom. The summed E-state index contributed by atoms with van der Waals surface area (Å²) in [6.45, 7) is 6.65. The second kappa shape index (κ2) is 13.2. The fourth-order valence-corrected chi connectivity index (χ4v) is 10.3. The summed E-state index contributed by atoms with van der Waals surface area (Å²) in [5.74, 6) is 0.960. The first-order valence-electron chi connectivity index (χ1n) is 17.4. The second-order valence-electron chi connectivity index (χ2n) is 14.8. The zero-order valence-electron chi connectivity index (χ0n) is 27.5. The largest absolute Gasteiger partial charge is 0.490 e. The molecule has 6 atom stereocenters. The summed E-state index contributed by atoms with van der Waals surface area (Å²) in [4.78, 5) is 15.9. The Morgan fingerprint density at radius 1 is 1.00 bits per heavy atom. The highest BCUT2D eigenvalue weighted by atomic mass is 35.5. The Hall–Kier alpha value is -2.37. The molecule has 2 aromatic carbocycles. The monoisotopic (exact) mass is 685 g/mol. The number of nitrogens with zero attached hydrogens (tertiary/aromatic N) is 1. The van der Waals surface area contributed by atoms with E-state index in [0.29, 0.717) is 43.0 Å². The standard InChI is InChI=1S/C36H48ClN3O6S/c1-22-5-3-7-30(35-44-18-28(38)19-45-35)29-11-8-26(29)17-40-20-36(14-4-6-24-15-27(37)10-12-31(24)36)21-46-33-13-9-25(16-32(33)40)34(41)39-47(42,43)23(22)2/h9-10,12-13,15-16,22-23,26,28-30,35H,3-8,11,14,17-21,38H2,1-2H3,(H,39,41)/t22-,23+,26-,28?,29+,30+,35?,36-/m0/s1. The van der Waals surface area contributed by atoms with Crippen LogP contribution in [0.3, 0.4) is 0 Å². The zero-order valence-corrected chi connectivity index (χ0v) is 29.0. The summed E-state index contributed by atoms with van der Waals surface area (Å²) in [5.41, 5.74) is 9.56. The van der Waals surface area contributed by atoms with Crippen LogP contribution in [0.15, 0.2) is 36.4 Å². The number of anilines is 1. The predicted octanol–water partition coefficient (Wildman–Crippen LogP) is 5.42. The summed E-state index contributed by atoms with van der Waals surface area (Å²) in [5, 5.41) is 0.0178. The fraction of sp³-hybridized carbons (Fsp3) is 0.639. The van der Waals surface area contributed by atoms with Crippen molar-refractivity contribution in [2.45, 2.75) is 88.2 Å². The van der Waals surface area contributed by atoms with Gasteiger partial charge >= 0.3 is 0 Å². The molecular weight excluding hydrogens is 638 g/mol. The molecule has 2 aromatic rings. The first-order chi connectivity index (χ1) is 22.5. The molecular formula is C36H48ClN3O6S. The number of sulfonamides is 1. The molecule has 2 aliphatic carbocycles. The van der Waals surface area contributed by atoms with Crippen molar-refractivity contribution in [3.8, 4) is 5.75 Å². The molecule has 1 saturated heterocycles. The molecule has 11 heteroatoms. The highest BCUT2D eigenvalue weighted by Crippen LogP contribution is 2.49. The fourth-order valence-electron chi connectivity index (χ4n) is 8.75. The number of hydrogen-bond donors (Lipinski definition) is 2. The number of hydrogen-bond acceptors (Lipinski definition) is 8. The van der Waals surface area contributed by atoms with Crippen molar-refractivity contribution in [2.75, 3.05) is 37.8 Å². The van der Waals surface area contributed by atoms with E-state index in [-0.39, 0.29) is 29.6 Å². The first-order valence-corrected chi connectivity index (χ1v) is 19.3. The quantitative estimate of drug-likeness (QED) is 0.408. The molecule has 0 aromatic heterocycles. The highest BCUT2D eigenvalue weighted by molar-refractivity contribution is 7.90. The number of carbonyl (C=O) groups excluding carboxylic acids is 1. The minimum Gasteiger partial charge on any atom is -0.490 e. The lowest BCUT2D eigenvalue weighted by molar-refractivity contribution is -0.229. The van der Waals surface area contributed by atoms with Crippen molar-refractivity contribution in [3.63, 3.8) is 0 Å². The van der Waals surface area contributed by atoms with Gasteiger partial charge in [-0.15, -0.1) is 0 Å². The maximum absolute atomic E-state index is 13.5. The van der Waals surface area contributed by atoms with Crippen molar-refractivity contribution in [1.29, 1.82) is 0 Å². The lowest BCUT2D eigenvalue weighted by Gasteiger charge is -2.48. The number of rotatable bonds is 1. The average molecular weight is 686 g/mol. The van der Waals surface area contributed by atoms with Crippen LogP contribution in [-0.4, -0.2) is 64.8 Å². The van der Waals surface area contributed by atoms with Crippen molar-refractivity contribution in [3.05, 3.63) is 58.1 Å². The molecule has 1 spiro atoms. The molecule has 3 N–H and O–H groups in total. The molecule has 3 aliphatic heterocycles. The molecule has 256 valence electrons. The number of nitrogens with one attached hydrogen (secondary N) is 1. The van der Waals surface area contributed by atoms with E-state index in [1.54, 1.807) is 13.0 Å². The van der Waals surface area contributed by atoms with Gasteiger partial charge in [0.05, 0.1) is 36.8 Å². The number of aryl methyl sites for hydroxylation is 1. The van der Waals surface area contributed by atoms with Crippen molar-refractivity contribution >= 4 is 33.2 Å². The lowest BCUT2D eigenvalue weighted by atomic mass is 9.64. The van der Waals surface area contributed by atoms with E-state index in [9.17, 15) is 13.2 Å².